The Balaban J connectivity index is 1.98. The smallest absolute Gasteiger partial charge is 0.276 e. The Bertz CT molecular complexity index is 998. The monoisotopic (exact) mass is 350 g/mol. The third-order valence-electron chi connectivity index (χ3n) is 4.26. The molecule has 126 valence electrons. The molecule has 1 N–H and O–H groups in total. The molecule has 2 aromatic rings. The molecule has 1 unspecified atom stereocenters. The van der Waals surface area contributed by atoms with E-state index in [1.165, 1.54) is 11.8 Å². The van der Waals surface area contributed by atoms with E-state index in [0.717, 1.165) is 27.5 Å². The molecule has 2 heterocycles. The fourth-order valence-corrected chi connectivity index (χ4v) is 3.69. The highest BCUT2D eigenvalue weighted by Gasteiger charge is 2.34. The lowest BCUT2D eigenvalue weighted by molar-refractivity contribution is -0.116. The number of hydrazone groups is 1. The molecule has 25 heavy (non-hydrogen) atoms. The van der Waals surface area contributed by atoms with Gasteiger partial charge in [0.05, 0.1) is 5.36 Å². The summed E-state index contributed by atoms with van der Waals surface area (Å²) in [6, 6.07) is 15.8. The number of thioether (sulfide) groups is 1. The van der Waals surface area contributed by atoms with Crippen molar-refractivity contribution < 1.29 is 4.79 Å². The number of para-hydroxylation sites is 1. The zero-order valence-electron chi connectivity index (χ0n) is 14.1. The summed E-state index contributed by atoms with van der Waals surface area (Å²) in [5, 5.41) is 11.6. The van der Waals surface area contributed by atoms with Crippen molar-refractivity contribution in [2.24, 2.45) is 10.1 Å². The Morgan fingerprint density at radius 1 is 1.16 bits per heavy atom. The van der Waals surface area contributed by atoms with Gasteiger partial charge in [-0.25, -0.2) is 5.01 Å². The van der Waals surface area contributed by atoms with E-state index in [-0.39, 0.29) is 12.1 Å². The Labute approximate surface area is 150 Å². The summed E-state index contributed by atoms with van der Waals surface area (Å²) in [4.78, 5) is 17.7. The summed E-state index contributed by atoms with van der Waals surface area (Å²) in [6.45, 7) is 4.09. The van der Waals surface area contributed by atoms with Crippen molar-refractivity contribution in [2.75, 3.05) is 5.75 Å². The highest BCUT2D eigenvalue weighted by Crippen LogP contribution is 2.32. The van der Waals surface area contributed by atoms with Gasteiger partial charge in [-0.3, -0.25) is 15.1 Å². The predicted octanol–water partition coefficient (Wildman–Crippen LogP) is 1.89. The van der Waals surface area contributed by atoms with Crippen molar-refractivity contribution in [1.82, 2.24) is 10.3 Å². The molecule has 5 nitrogen and oxygen atoms in total. The Morgan fingerprint density at radius 2 is 1.92 bits per heavy atom. The molecule has 0 bridgehead atoms. The first kappa shape index (κ1) is 15.9. The van der Waals surface area contributed by atoms with Gasteiger partial charge in [-0.05, 0) is 24.3 Å². The number of amides is 1. The van der Waals surface area contributed by atoms with E-state index in [0.29, 0.717) is 10.9 Å². The van der Waals surface area contributed by atoms with E-state index >= 15 is 0 Å². The van der Waals surface area contributed by atoms with Crippen molar-refractivity contribution in [2.45, 2.75) is 20.0 Å². The van der Waals surface area contributed by atoms with Crippen LogP contribution in [-0.4, -0.2) is 21.8 Å². The summed E-state index contributed by atoms with van der Waals surface area (Å²) in [5.74, 6) is 0.706. The van der Waals surface area contributed by atoms with Gasteiger partial charge in [0.25, 0.3) is 5.91 Å². The maximum atomic E-state index is 12.8. The van der Waals surface area contributed by atoms with E-state index in [9.17, 15) is 4.79 Å². The second-order valence-electron chi connectivity index (χ2n) is 5.86. The number of nitrogens with one attached hydrogen (secondary N) is 1. The zero-order valence-corrected chi connectivity index (χ0v) is 14.9. The second-order valence-corrected chi connectivity index (χ2v) is 7.11. The summed E-state index contributed by atoms with van der Waals surface area (Å²) in [6.07, 6.45) is -0.343. The molecule has 0 saturated heterocycles. The number of aryl methyl sites for hydroxylation is 1. The van der Waals surface area contributed by atoms with Crippen LogP contribution in [0.25, 0.3) is 5.70 Å². The third kappa shape index (κ3) is 2.72. The number of fused-ring (bicyclic) bond motifs is 2. The van der Waals surface area contributed by atoms with Crippen LogP contribution in [0, 0.1) is 6.92 Å². The largest absolute Gasteiger partial charge is 0.298 e. The molecule has 2 aromatic carbocycles. The van der Waals surface area contributed by atoms with Gasteiger partial charge < -0.3 is 0 Å². The van der Waals surface area contributed by atoms with Gasteiger partial charge in [0.2, 0.25) is 0 Å². The molecular weight excluding hydrogens is 332 g/mol. The number of benzene rings is 2. The van der Waals surface area contributed by atoms with Crippen LogP contribution in [-0.2, 0) is 4.79 Å². The lowest BCUT2D eigenvalue weighted by Crippen LogP contribution is -2.50. The quantitative estimate of drug-likeness (QED) is 0.900. The third-order valence-corrected chi connectivity index (χ3v) is 5.01. The van der Waals surface area contributed by atoms with Crippen LogP contribution in [0.3, 0.4) is 0 Å². The SMILES string of the molecule is CCSC1=NN2C(=c3ccccc3=NC2c2ccccc2C)C(=O)N1. The normalized spacial score (nSPS) is 18.7. The fraction of sp³-hybridized carbons (Fsp3) is 0.211. The Hall–Kier alpha value is -2.60. The first-order valence-corrected chi connectivity index (χ1v) is 9.22. The molecule has 0 saturated carbocycles. The molecular formula is C19H18N4OS. The summed E-state index contributed by atoms with van der Waals surface area (Å²) < 4.78 is 0. The molecule has 0 radical (unpaired) electrons. The predicted molar refractivity (Wildman–Crippen MR) is 100 cm³/mol. The minimum Gasteiger partial charge on any atom is -0.298 e. The number of carbonyl (C=O) groups excluding carboxylic acids is 1. The average Bonchev–Trinajstić information content (AvgIpc) is 2.61. The second kappa shape index (κ2) is 6.37. The molecule has 1 amide bonds. The number of rotatable bonds is 2. The average molecular weight is 350 g/mol. The van der Waals surface area contributed by atoms with Gasteiger partial charge in [0, 0.05) is 10.8 Å². The van der Waals surface area contributed by atoms with E-state index in [1.807, 2.05) is 49.4 Å². The Kier molecular flexibility index (Phi) is 4.05. The van der Waals surface area contributed by atoms with Crippen LogP contribution in [0.15, 0.2) is 58.6 Å². The van der Waals surface area contributed by atoms with E-state index in [4.69, 9.17) is 10.1 Å². The topological polar surface area (TPSA) is 57.1 Å². The van der Waals surface area contributed by atoms with E-state index in [1.54, 1.807) is 5.01 Å². The minimum atomic E-state index is -0.343. The summed E-state index contributed by atoms with van der Waals surface area (Å²) in [5.41, 5.74) is 2.73. The molecule has 2 aliphatic rings. The number of carbonyl (C=O) groups is 1. The number of nitrogens with zero attached hydrogens (tertiary/aromatic N) is 3. The summed E-state index contributed by atoms with van der Waals surface area (Å²) >= 11 is 1.52. The van der Waals surface area contributed by atoms with Crippen molar-refractivity contribution in [3.05, 3.63) is 70.2 Å². The van der Waals surface area contributed by atoms with Crippen molar-refractivity contribution in [3.63, 3.8) is 0 Å². The van der Waals surface area contributed by atoms with E-state index in [2.05, 4.69) is 18.3 Å². The number of amidine groups is 1. The molecule has 1 atom stereocenters. The van der Waals surface area contributed by atoms with Crippen LogP contribution >= 0.6 is 11.8 Å². The van der Waals surface area contributed by atoms with Gasteiger partial charge in [0.15, 0.2) is 11.3 Å². The van der Waals surface area contributed by atoms with Gasteiger partial charge in [-0.2, -0.15) is 0 Å². The molecule has 0 fully saturated rings. The number of hydrogen-bond acceptors (Lipinski definition) is 5. The fourth-order valence-electron chi connectivity index (χ4n) is 3.11. The van der Waals surface area contributed by atoms with Gasteiger partial charge in [0.1, 0.15) is 5.70 Å². The van der Waals surface area contributed by atoms with Gasteiger partial charge in [-0.15, -0.1) is 5.10 Å². The Morgan fingerprint density at radius 3 is 2.72 bits per heavy atom. The first-order valence-electron chi connectivity index (χ1n) is 8.23. The minimum absolute atomic E-state index is 0.133. The van der Waals surface area contributed by atoms with Gasteiger partial charge in [-0.1, -0.05) is 61.2 Å². The molecule has 2 aliphatic heterocycles. The maximum absolute atomic E-state index is 12.8. The standard InChI is InChI=1S/C19H18N4OS/c1-3-25-19-21-18(24)16-14-10-6-7-11-15(14)20-17(23(16)22-19)13-9-5-4-8-12(13)2/h4-11,17H,3H2,1-2H3,(H,21,22,24). The van der Waals surface area contributed by atoms with Gasteiger partial charge >= 0.3 is 0 Å². The molecule has 0 aromatic heterocycles. The van der Waals surface area contributed by atoms with Crippen LogP contribution in [0.1, 0.15) is 24.2 Å². The zero-order chi connectivity index (χ0) is 17.4. The van der Waals surface area contributed by atoms with Crippen LogP contribution < -0.4 is 15.9 Å². The van der Waals surface area contributed by atoms with Crippen molar-refractivity contribution in [1.29, 1.82) is 0 Å². The molecule has 0 aliphatic carbocycles. The van der Waals surface area contributed by atoms with Crippen LogP contribution in [0.5, 0.6) is 0 Å². The first-order chi connectivity index (χ1) is 12.2. The number of hydrogen-bond donors (Lipinski definition) is 1. The summed E-state index contributed by atoms with van der Waals surface area (Å²) in [7, 11) is 0. The molecule has 0 spiro atoms. The highest BCUT2D eigenvalue weighted by atomic mass is 32.2. The van der Waals surface area contributed by atoms with Crippen molar-refractivity contribution >= 4 is 28.5 Å². The van der Waals surface area contributed by atoms with Crippen LogP contribution in [0.4, 0.5) is 0 Å². The van der Waals surface area contributed by atoms with E-state index < -0.39 is 0 Å². The lowest BCUT2D eigenvalue weighted by atomic mass is 10.0. The lowest BCUT2D eigenvalue weighted by Gasteiger charge is -2.34. The molecule has 4 rings (SSSR count). The van der Waals surface area contributed by atoms with Crippen molar-refractivity contribution in [3.8, 4) is 0 Å². The van der Waals surface area contributed by atoms with Crippen LogP contribution in [0.2, 0.25) is 0 Å². The highest BCUT2D eigenvalue weighted by molar-refractivity contribution is 8.13. The maximum Gasteiger partial charge on any atom is 0.276 e. The molecule has 6 heteroatoms.